The number of nitrogens with zero attached hydrogens (tertiary/aromatic N) is 2. The van der Waals surface area contributed by atoms with Gasteiger partial charge in [0.2, 0.25) is 5.88 Å². The summed E-state index contributed by atoms with van der Waals surface area (Å²) in [4.78, 5) is 0. The third-order valence-corrected chi connectivity index (χ3v) is 2.53. The van der Waals surface area contributed by atoms with Gasteiger partial charge in [0.1, 0.15) is 0 Å². The summed E-state index contributed by atoms with van der Waals surface area (Å²) >= 11 is 0. The van der Waals surface area contributed by atoms with E-state index < -0.39 is 0 Å². The Morgan fingerprint density at radius 1 is 1.44 bits per heavy atom. The summed E-state index contributed by atoms with van der Waals surface area (Å²) in [6, 6.07) is 0.314. The average Bonchev–Trinajstić information content (AvgIpc) is 2.50. The Kier molecular flexibility index (Phi) is 4.76. The Morgan fingerprint density at radius 3 is 2.69 bits per heavy atom. The van der Waals surface area contributed by atoms with Crippen LogP contribution in [-0.2, 0) is 18.3 Å². The van der Waals surface area contributed by atoms with Crippen molar-refractivity contribution in [2.24, 2.45) is 7.05 Å². The molecule has 5 heteroatoms. The molecule has 1 rings (SSSR count). The molecule has 0 aliphatic rings. The highest BCUT2D eigenvalue weighted by Gasteiger charge is 2.14. The molecule has 0 bridgehead atoms. The van der Waals surface area contributed by atoms with Gasteiger partial charge in [-0.15, -0.1) is 0 Å². The van der Waals surface area contributed by atoms with Crippen LogP contribution < -0.4 is 10.1 Å². The van der Waals surface area contributed by atoms with E-state index >= 15 is 0 Å². The molecular formula is C11H21N3O2. The van der Waals surface area contributed by atoms with E-state index in [1.165, 1.54) is 0 Å². The zero-order chi connectivity index (χ0) is 12.1. The molecule has 1 unspecified atom stereocenters. The topological polar surface area (TPSA) is 48.3 Å². The molecule has 0 fully saturated rings. The molecular weight excluding hydrogens is 206 g/mol. The summed E-state index contributed by atoms with van der Waals surface area (Å²) in [5.74, 6) is 0.814. The first-order chi connectivity index (χ1) is 7.60. The Morgan fingerprint density at radius 2 is 2.12 bits per heavy atom. The summed E-state index contributed by atoms with van der Waals surface area (Å²) in [5, 5.41) is 7.70. The molecule has 16 heavy (non-hydrogen) atoms. The van der Waals surface area contributed by atoms with E-state index in [9.17, 15) is 0 Å². The number of aryl methyl sites for hydroxylation is 2. The van der Waals surface area contributed by atoms with Crippen molar-refractivity contribution < 1.29 is 9.47 Å². The summed E-state index contributed by atoms with van der Waals surface area (Å²) in [6.07, 6.45) is 0. The number of ether oxygens (including phenoxy) is 2. The summed E-state index contributed by atoms with van der Waals surface area (Å²) in [5.41, 5.74) is 2.10. The molecule has 1 aromatic heterocycles. The zero-order valence-corrected chi connectivity index (χ0v) is 10.7. The fourth-order valence-corrected chi connectivity index (χ4v) is 1.72. The van der Waals surface area contributed by atoms with Gasteiger partial charge in [-0.1, -0.05) is 0 Å². The number of aromatic nitrogens is 2. The van der Waals surface area contributed by atoms with E-state index in [0.717, 1.165) is 23.7 Å². The molecule has 0 saturated heterocycles. The van der Waals surface area contributed by atoms with Crippen LogP contribution in [0.3, 0.4) is 0 Å². The second-order valence-electron chi connectivity index (χ2n) is 3.93. The molecule has 0 radical (unpaired) electrons. The second kappa shape index (κ2) is 5.86. The predicted molar refractivity (Wildman–Crippen MR) is 62.7 cm³/mol. The fraction of sp³-hybridized carbons (Fsp3) is 0.727. The molecule has 1 N–H and O–H groups in total. The zero-order valence-electron chi connectivity index (χ0n) is 10.7. The first-order valence-electron chi connectivity index (χ1n) is 5.39. The number of hydrogen-bond acceptors (Lipinski definition) is 4. The van der Waals surface area contributed by atoms with Crippen molar-refractivity contribution >= 4 is 0 Å². The van der Waals surface area contributed by atoms with E-state index in [0.29, 0.717) is 12.6 Å². The Hall–Kier alpha value is -1.07. The lowest BCUT2D eigenvalue weighted by molar-refractivity contribution is 0.171. The van der Waals surface area contributed by atoms with Crippen LogP contribution in [0.4, 0.5) is 0 Å². The quantitative estimate of drug-likeness (QED) is 0.783. The van der Waals surface area contributed by atoms with Crippen LogP contribution in [0.2, 0.25) is 0 Å². The first-order valence-corrected chi connectivity index (χ1v) is 5.39. The normalized spacial score (nSPS) is 12.8. The Balaban J connectivity index is 2.66. The standard InChI is InChI=1S/C11H21N3O2/c1-8(7-15-4)12-6-10-9(2)13-14(3)11(10)16-5/h8,12H,6-7H2,1-5H3. The van der Waals surface area contributed by atoms with E-state index in [1.54, 1.807) is 18.9 Å². The maximum Gasteiger partial charge on any atom is 0.216 e. The Bertz CT molecular complexity index is 336. The second-order valence-corrected chi connectivity index (χ2v) is 3.93. The van der Waals surface area contributed by atoms with E-state index in [4.69, 9.17) is 9.47 Å². The molecule has 0 aliphatic heterocycles. The van der Waals surface area contributed by atoms with Crippen LogP contribution >= 0.6 is 0 Å². The lowest BCUT2D eigenvalue weighted by Crippen LogP contribution is -2.29. The highest BCUT2D eigenvalue weighted by Crippen LogP contribution is 2.20. The molecule has 92 valence electrons. The van der Waals surface area contributed by atoms with Crippen LogP contribution in [0.5, 0.6) is 5.88 Å². The minimum Gasteiger partial charge on any atom is -0.481 e. The molecule has 0 aliphatic carbocycles. The highest BCUT2D eigenvalue weighted by molar-refractivity contribution is 5.30. The Labute approximate surface area is 96.7 Å². The van der Waals surface area contributed by atoms with Crippen molar-refractivity contribution in [3.05, 3.63) is 11.3 Å². The van der Waals surface area contributed by atoms with Crippen molar-refractivity contribution in [3.8, 4) is 5.88 Å². The SMILES string of the molecule is COCC(C)NCc1c(C)nn(C)c1OC. The maximum absolute atomic E-state index is 5.32. The minimum atomic E-state index is 0.314. The molecule has 0 amide bonds. The van der Waals surface area contributed by atoms with Crippen molar-refractivity contribution in [1.29, 1.82) is 0 Å². The number of hydrogen-bond donors (Lipinski definition) is 1. The highest BCUT2D eigenvalue weighted by atomic mass is 16.5. The molecule has 0 spiro atoms. The third kappa shape index (κ3) is 2.96. The summed E-state index contributed by atoms with van der Waals surface area (Å²) in [6.45, 7) is 5.51. The first kappa shape index (κ1) is 13.0. The van der Waals surface area contributed by atoms with Gasteiger partial charge in [0, 0.05) is 26.7 Å². The van der Waals surface area contributed by atoms with E-state index in [1.807, 2.05) is 14.0 Å². The van der Waals surface area contributed by atoms with Crippen molar-refractivity contribution in [3.63, 3.8) is 0 Å². The smallest absolute Gasteiger partial charge is 0.216 e. The van der Waals surface area contributed by atoms with E-state index in [2.05, 4.69) is 17.3 Å². The largest absolute Gasteiger partial charge is 0.481 e. The van der Waals surface area contributed by atoms with Gasteiger partial charge in [-0.25, -0.2) is 4.68 Å². The van der Waals surface area contributed by atoms with Crippen molar-refractivity contribution in [2.75, 3.05) is 20.8 Å². The van der Waals surface area contributed by atoms with Gasteiger partial charge in [0.05, 0.1) is 25.0 Å². The van der Waals surface area contributed by atoms with Gasteiger partial charge in [0.25, 0.3) is 0 Å². The molecule has 1 heterocycles. The summed E-state index contributed by atoms with van der Waals surface area (Å²) < 4.78 is 12.1. The minimum absolute atomic E-state index is 0.314. The van der Waals surface area contributed by atoms with Crippen LogP contribution in [-0.4, -0.2) is 36.6 Å². The molecule has 0 saturated carbocycles. The van der Waals surface area contributed by atoms with Gasteiger partial charge in [-0.2, -0.15) is 5.10 Å². The number of rotatable bonds is 6. The van der Waals surface area contributed by atoms with Crippen LogP contribution in [0, 0.1) is 6.92 Å². The van der Waals surface area contributed by atoms with Gasteiger partial charge in [-0.05, 0) is 13.8 Å². The van der Waals surface area contributed by atoms with Gasteiger partial charge >= 0.3 is 0 Å². The average molecular weight is 227 g/mol. The lowest BCUT2D eigenvalue weighted by atomic mass is 10.2. The van der Waals surface area contributed by atoms with Crippen molar-refractivity contribution in [2.45, 2.75) is 26.4 Å². The van der Waals surface area contributed by atoms with Gasteiger partial charge in [0.15, 0.2) is 0 Å². The van der Waals surface area contributed by atoms with Crippen LogP contribution in [0.1, 0.15) is 18.2 Å². The summed E-state index contributed by atoms with van der Waals surface area (Å²) in [7, 11) is 5.25. The van der Waals surface area contributed by atoms with Crippen molar-refractivity contribution in [1.82, 2.24) is 15.1 Å². The monoisotopic (exact) mass is 227 g/mol. The molecule has 1 aromatic rings. The number of nitrogens with one attached hydrogen (secondary N) is 1. The van der Waals surface area contributed by atoms with Crippen LogP contribution in [0.15, 0.2) is 0 Å². The third-order valence-electron chi connectivity index (χ3n) is 2.53. The van der Waals surface area contributed by atoms with E-state index in [-0.39, 0.29) is 0 Å². The number of methoxy groups -OCH3 is 2. The molecule has 5 nitrogen and oxygen atoms in total. The predicted octanol–water partition coefficient (Wildman–Crippen LogP) is 0.862. The molecule has 0 aromatic carbocycles. The maximum atomic E-state index is 5.32. The lowest BCUT2D eigenvalue weighted by Gasteiger charge is -2.13. The molecule has 1 atom stereocenters. The van der Waals surface area contributed by atoms with Gasteiger partial charge < -0.3 is 14.8 Å². The van der Waals surface area contributed by atoms with Gasteiger partial charge in [-0.3, -0.25) is 0 Å². The fourth-order valence-electron chi connectivity index (χ4n) is 1.72. The van der Waals surface area contributed by atoms with Crippen LogP contribution in [0.25, 0.3) is 0 Å².